The summed E-state index contributed by atoms with van der Waals surface area (Å²) in [6, 6.07) is 4.68. The number of hydrogen-bond acceptors (Lipinski definition) is 5. The van der Waals surface area contributed by atoms with Crippen molar-refractivity contribution in [1.29, 1.82) is 0 Å². The summed E-state index contributed by atoms with van der Waals surface area (Å²) in [5.74, 6) is 0.459. The minimum Gasteiger partial charge on any atom is -0.493 e. The van der Waals surface area contributed by atoms with E-state index in [0.717, 1.165) is 0 Å². The Morgan fingerprint density at radius 2 is 2.18 bits per heavy atom. The second-order valence-corrected chi connectivity index (χ2v) is 3.60. The number of aldehydes is 1. The van der Waals surface area contributed by atoms with Gasteiger partial charge >= 0.3 is 0 Å². The molecule has 17 heavy (non-hydrogen) atoms. The topological polar surface area (TPSA) is 92.8 Å². The Morgan fingerprint density at radius 3 is 2.71 bits per heavy atom. The van der Waals surface area contributed by atoms with Crippen LogP contribution in [0.1, 0.15) is 28.9 Å². The van der Waals surface area contributed by atoms with Gasteiger partial charge in [0.2, 0.25) is 0 Å². The normalized spacial score (nSPS) is 14.1. The van der Waals surface area contributed by atoms with E-state index in [1.54, 1.807) is 12.1 Å². The van der Waals surface area contributed by atoms with Gasteiger partial charge < -0.3 is 20.7 Å². The molecule has 1 rings (SSSR count). The van der Waals surface area contributed by atoms with Gasteiger partial charge in [-0.1, -0.05) is 6.07 Å². The second-order valence-electron chi connectivity index (χ2n) is 3.60. The summed E-state index contributed by atoms with van der Waals surface area (Å²) in [6.45, 7) is 2.22. The molecule has 0 amide bonds. The van der Waals surface area contributed by atoms with Crippen LogP contribution in [0, 0.1) is 0 Å². The number of benzene rings is 1. The lowest BCUT2D eigenvalue weighted by atomic mass is 10.0. The molecular weight excluding hydrogens is 222 g/mol. The quantitative estimate of drug-likeness (QED) is 0.619. The lowest BCUT2D eigenvalue weighted by Gasteiger charge is -2.17. The predicted molar refractivity (Wildman–Crippen MR) is 63.0 cm³/mol. The van der Waals surface area contributed by atoms with E-state index in [0.29, 0.717) is 29.8 Å². The lowest BCUT2D eigenvalue weighted by molar-refractivity contribution is 0.0243. The molecule has 2 unspecified atom stereocenters. The molecule has 2 atom stereocenters. The number of nitrogens with two attached hydrogens (primary N) is 1. The first-order valence-corrected chi connectivity index (χ1v) is 5.42. The molecule has 4 N–H and O–H groups in total. The molecule has 94 valence electrons. The van der Waals surface area contributed by atoms with Crippen LogP contribution in [0.5, 0.6) is 5.75 Å². The van der Waals surface area contributed by atoms with Gasteiger partial charge in [-0.2, -0.15) is 0 Å². The fraction of sp³-hybridized carbons (Fsp3) is 0.417. The van der Waals surface area contributed by atoms with Crippen molar-refractivity contribution in [3.8, 4) is 5.75 Å². The first-order valence-electron chi connectivity index (χ1n) is 5.42. The number of ether oxygens (including phenoxy) is 1. The maximum atomic E-state index is 10.9. The first kappa shape index (κ1) is 13.6. The van der Waals surface area contributed by atoms with Crippen molar-refractivity contribution in [3.05, 3.63) is 29.3 Å². The van der Waals surface area contributed by atoms with Crippen molar-refractivity contribution in [3.63, 3.8) is 0 Å². The Hall–Kier alpha value is -1.43. The van der Waals surface area contributed by atoms with E-state index in [2.05, 4.69) is 0 Å². The average Bonchev–Trinajstić information content (AvgIpc) is 2.37. The van der Waals surface area contributed by atoms with Gasteiger partial charge in [-0.25, -0.2) is 0 Å². The van der Waals surface area contributed by atoms with E-state index in [-0.39, 0.29) is 6.54 Å². The predicted octanol–water partition coefficient (Wildman–Crippen LogP) is 0.251. The summed E-state index contributed by atoms with van der Waals surface area (Å²) in [5, 5.41) is 19.2. The van der Waals surface area contributed by atoms with Crippen molar-refractivity contribution < 1.29 is 19.7 Å². The van der Waals surface area contributed by atoms with Crippen molar-refractivity contribution >= 4 is 6.29 Å². The molecule has 0 radical (unpaired) electrons. The number of hydrogen-bond donors (Lipinski definition) is 3. The number of carbonyl (C=O) groups excluding carboxylic acids is 1. The van der Waals surface area contributed by atoms with Crippen molar-refractivity contribution in [1.82, 2.24) is 0 Å². The van der Waals surface area contributed by atoms with Crippen molar-refractivity contribution in [2.24, 2.45) is 5.73 Å². The van der Waals surface area contributed by atoms with Crippen molar-refractivity contribution in [2.75, 3.05) is 13.2 Å². The van der Waals surface area contributed by atoms with Gasteiger partial charge in [-0.15, -0.1) is 0 Å². The fourth-order valence-corrected chi connectivity index (χ4v) is 1.48. The summed E-state index contributed by atoms with van der Waals surface area (Å²) in [6.07, 6.45) is -1.50. The standard InChI is InChI=1S/C12H17NO4/c1-2-17-11-4-3-8(5-9(11)7-14)12(16)10(15)6-13/h3-5,7,10,12,15-16H,2,6,13H2,1H3. The Bertz CT molecular complexity index is 381. The van der Waals surface area contributed by atoms with Crippen LogP contribution >= 0.6 is 0 Å². The average molecular weight is 239 g/mol. The highest BCUT2D eigenvalue weighted by Crippen LogP contribution is 2.24. The van der Waals surface area contributed by atoms with Crippen LogP contribution < -0.4 is 10.5 Å². The lowest BCUT2D eigenvalue weighted by Crippen LogP contribution is -2.27. The van der Waals surface area contributed by atoms with E-state index >= 15 is 0 Å². The zero-order valence-corrected chi connectivity index (χ0v) is 9.67. The third-order valence-corrected chi connectivity index (χ3v) is 2.41. The summed E-state index contributed by atoms with van der Waals surface area (Å²) in [7, 11) is 0. The van der Waals surface area contributed by atoms with Crippen LogP contribution in [0.4, 0.5) is 0 Å². The van der Waals surface area contributed by atoms with Gasteiger partial charge in [0.05, 0.1) is 18.3 Å². The molecule has 5 heteroatoms. The van der Waals surface area contributed by atoms with Crippen LogP contribution in [0.25, 0.3) is 0 Å². The zero-order valence-electron chi connectivity index (χ0n) is 9.67. The number of carbonyl (C=O) groups is 1. The maximum Gasteiger partial charge on any atom is 0.153 e. The molecule has 0 fully saturated rings. The van der Waals surface area contributed by atoms with Crippen molar-refractivity contribution in [2.45, 2.75) is 19.1 Å². The van der Waals surface area contributed by atoms with Crippen LogP contribution in [0.2, 0.25) is 0 Å². The summed E-state index contributed by atoms with van der Waals surface area (Å²) >= 11 is 0. The number of aliphatic hydroxyl groups is 2. The van der Waals surface area contributed by atoms with E-state index in [1.165, 1.54) is 6.07 Å². The minimum absolute atomic E-state index is 0.0508. The van der Waals surface area contributed by atoms with Crippen LogP contribution in [0.15, 0.2) is 18.2 Å². The third-order valence-electron chi connectivity index (χ3n) is 2.41. The number of rotatable bonds is 6. The van der Waals surface area contributed by atoms with Crippen LogP contribution in [-0.2, 0) is 0 Å². The molecule has 1 aromatic rings. The van der Waals surface area contributed by atoms with E-state index < -0.39 is 12.2 Å². The third kappa shape index (κ3) is 3.26. The van der Waals surface area contributed by atoms with Gasteiger partial charge in [0.1, 0.15) is 11.9 Å². The first-order chi connectivity index (χ1) is 8.13. The molecule has 0 saturated carbocycles. The molecule has 0 aromatic heterocycles. The highest BCUT2D eigenvalue weighted by atomic mass is 16.5. The fourth-order valence-electron chi connectivity index (χ4n) is 1.48. The van der Waals surface area contributed by atoms with Gasteiger partial charge in [0.15, 0.2) is 6.29 Å². The minimum atomic E-state index is -1.10. The van der Waals surface area contributed by atoms with Gasteiger partial charge in [-0.3, -0.25) is 4.79 Å². The smallest absolute Gasteiger partial charge is 0.153 e. The molecule has 1 aromatic carbocycles. The Kier molecular flexibility index (Phi) is 5.09. The number of aliphatic hydroxyl groups excluding tert-OH is 2. The van der Waals surface area contributed by atoms with Gasteiger partial charge in [0.25, 0.3) is 0 Å². The molecule has 5 nitrogen and oxygen atoms in total. The zero-order chi connectivity index (χ0) is 12.8. The molecule has 0 aliphatic carbocycles. The van der Waals surface area contributed by atoms with E-state index in [1.807, 2.05) is 6.92 Å². The van der Waals surface area contributed by atoms with Gasteiger partial charge in [0, 0.05) is 6.54 Å². The Labute approximate surface area is 99.8 Å². The van der Waals surface area contributed by atoms with Crippen LogP contribution in [0.3, 0.4) is 0 Å². The molecule has 0 bridgehead atoms. The summed E-state index contributed by atoms with van der Waals surface area (Å²) < 4.78 is 5.25. The summed E-state index contributed by atoms with van der Waals surface area (Å²) in [5.41, 5.74) is 6.03. The highest BCUT2D eigenvalue weighted by molar-refractivity contribution is 5.79. The molecule has 0 spiro atoms. The van der Waals surface area contributed by atoms with E-state index in [9.17, 15) is 15.0 Å². The second kappa shape index (κ2) is 6.34. The Balaban J connectivity index is 3.00. The van der Waals surface area contributed by atoms with E-state index in [4.69, 9.17) is 10.5 Å². The molecular formula is C12H17NO4. The SMILES string of the molecule is CCOc1ccc(C(O)C(O)CN)cc1C=O. The maximum absolute atomic E-state index is 10.9. The Morgan fingerprint density at radius 1 is 1.47 bits per heavy atom. The molecule has 0 aliphatic heterocycles. The monoisotopic (exact) mass is 239 g/mol. The van der Waals surface area contributed by atoms with Gasteiger partial charge in [-0.05, 0) is 24.6 Å². The molecule has 0 heterocycles. The molecule has 0 aliphatic rings. The molecule has 0 saturated heterocycles. The largest absolute Gasteiger partial charge is 0.493 e. The summed E-state index contributed by atoms with van der Waals surface area (Å²) in [4.78, 5) is 10.9. The highest BCUT2D eigenvalue weighted by Gasteiger charge is 2.18. The van der Waals surface area contributed by atoms with Crippen LogP contribution in [-0.4, -0.2) is 35.8 Å².